The molecule has 2 N–H and O–H groups in total. The number of carbonyl (C=O) groups excluding carboxylic acids is 2. The molecule has 0 spiro atoms. The van der Waals surface area contributed by atoms with Gasteiger partial charge in [-0.2, -0.15) is 0 Å². The molecule has 0 radical (unpaired) electrons. The topological polar surface area (TPSA) is 67.4 Å². The van der Waals surface area contributed by atoms with E-state index in [1.54, 1.807) is 6.92 Å². The van der Waals surface area contributed by atoms with Crippen LogP contribution in [-0.2, 0) is 14.3 Å². The molecule has 0 unspecified atom stereocenters. The Kier molecular flexibility index (Phi) is 14.5. The van der Waals surface area contributed by atoms with Gasteiger partial charge in [0, 0.05) is 27.1 Å². The molecule has 0 aromatic rings. The molecule has 0 aliphatic heterocycles. The summed E-state index contributed by atoms with van der Waals surface area (Å²) in [5, 5.41) is 5.64. The van der Waals surface area contributed by atoms with Gasteiger partial charge < -0.3 is 15.4 Å². The van der Waals surface area contributed by atoms with Crippen molar-refractivity contribution < 1.29 is 14.3 Å². The minimum atomic E-state index is -0.0308. The van der Waals surface area contributed by atoms with Crippen molar-refractivity contribution in [1.29, 1.82) is 0 Å². The van der Waals surface area contributed by atoms with Gasteiger partial charge in [-0.25, -0.2) is 0 Å². The Morgan fingerprint density at radius 1 is 0.762 bits per heavy atom. The Labute approximate surface area is 129 Å². The monoisotopic (exact) mass is 300 g/mol. The van der Waals surface area contributed by atoms with E-state index in [-0.39, 0.29) is 18.4 Å². The molecule has 0 saturated heterocycles. The summed E-state index contributed by atoms with van der Waals surface area (Å²) in [5.41, 5.74) is 0. The van der Waals surface area contributed by atoms with E-state index in [9.17, 15) is 9.59 Å². The van der Waals surface area contributed by atoms with E-state index >= 15 is 0 Å². The third kappa shape index (κ3) is 16.8. The maximum atomic E-state index is 11.1. The van der Waals surface area contributed by atoms with E-state index in [1.165, 1.54) is 52.1 Å². The van der Waals surface area contributed by atoms with Gasteiger partial charge in [0.05, 0.1) is 0 Å². The fourth-order valence-corrected chi connectivity index (χ4v) is 2.16. The predicted octanol–water partition coefficient (Wildman–Crippen LogP) is 2.40. The molecule has 2 amide bonds. The van der Waals surface area contributed by atoms with Crippen molar-refractivity contribution in [2.45, 2.75) is 64.7 Å². The third-order valence-electron chi connectivity index (χ3n) is 3.33. The highest BCUT2D eigenvalue weighted by Gasteiger charge is 1.98. The summed E-state index contributed by atoms with van der Waals surface area (Å²) in [6, 6.07) is 0. The third-order valence-corrected chi connectivity index (χ3v) is 3.33. The number of hydrogen-bond acceptors (Lipinski definition) is 3. The second kappa shape index (κ2) is 15.3. The van der Waals surface area contributed by atoms with Gasteiger partial charge >= 0.3 is 0 Å². The van der Waals surface area contributed by atoms with Crippen LogP contribution >= 0.6 is 0 Å². The molecule has 0 atom stereocenters. The normalized spacial score (nSPS) is 10.4. The van der Waals surface area contributed by atoms with Crippen LogP contribution in [0.1, 0.15) is 64.7 Å². The molecule has 0 aliphatic rings. The van der Waals surface area contributed by atoms with Gasteiger partial charge in [-0.1, -0.05) is 44.9 Å². The molecule has 0 rings (SSSR count). The number of nitrogens with one attached hydrogen (secondary N) is 2. The van der Waals surface area contributed by atoms with Crippen molar-refractivity contribution in [3.05, 3.63) is 0 Å². The van der Waals surface area contributed by atoms with Crippen LogP contribution in [0.25, 0.3) is 0 Å². The number of methoxy groups -OCH3 is 1. The van der Waals surface area contributed by atoms with Crippen molar-refractivity contribution >= 4 is 11.8 Å². The van der Waals surface area contributed by atoms with Gasteiger partial charge in [0.2, 0.25) is 11.8 Å². The van der Waals surface area contributed by atoms with Crippen LogP contribution in [0.3, 0.4) is 0 Å². The summed E-state index contributed by atoms with van der Waals surface area (Å²) < 4.78 is 4.74. The lowest BCUT2D eigenvalue weighted by Gasteiger charge is -2.05. The van der Waals surface area contributed by atoms with Gasteiger partial charge in [0.1, 0.15) is 6.61 Å². The summed E-state index contributed by atoms with van der Waals surface area (Å²) in [7, 11) is 1.53. The number of hydrogen-bond donors (Lipinski definition) is 2. The van der Waals surface area contributed by atoms with Gasteiger partial charge in [-0.15, -0.1) is 0 Å². The maximum absolute atomic E-state index is 11.1. The lowest BCUT2D eigenvalue weighted by atomic mass is 10.1. The molecule has 124 valence electrons. The highest BCUT2D eigenvalue weighted by atomic mass is 16.5. The van der Waals surface area contributed by atoms with Gasteiger partial charge in [-0.05, 0) is 12.8 Å². The van der Waals surface area contributed by atoms with E-state index in [4.69, 9.17) is 4.74 Å². The van der Waals surface area contributed by atoms with Crippen LogP contribution in [0.5, 0.6) is 0 Å². The zero-order valence-electron chi connectivity index (χ0n) is 13.7. The quantitative estimate of drug-likeness (QED) is 0.484. The Balaban J connectivity index is 3.06. The Morgan fingerprint density at radius 2 is 1.19 bits per heavy atom. The van der Waals surface area contributed by atoms with Crippen LogP contribution in [0.15, 0.2) is 0 Å². The average molecular weight is 300 g/mol. The molecular weight excluding hydrogens is 268 g/mol. The number of carbonyl (C=O) groups is 2. The first-order chi connectivity index (χ1) is 10.2. The standard InChI is InChI=1S/C16H32N2O3/c1-15(19)17-12-10-8-6-4-3-5-7-9-11-13-18-16(20)14-21-2/h3-14H2,1-2H3,(H,17,19)(H,18,20). The first-order valence-electron chi connectivity index (χ1n) is 8.17. The van der Waals surface area contributed by atoms with Crippen molar-refractivity contribution in [2.75, 3.05) is 26.8 Å². The number of unbranched alkanes of at least 4 members (excludes halogenated alkanes) is 8. The molecule has 5 heteroatoms. The molecule has 0 aliphatic carbocycles. The van der Waals surface area contributed by atoms with E-state index in [2.05, 4.69) is 10.6 Å². The van der Waals surface area contributed by atoms with Gasteiger partial charge in [0.25, 0.3) is 0 Å². The predicted molar refractivity (Wildman–Crippen MR) is 85.1 cm³/mol. The second-order valence-corrected chi connectivity index (χ2v) is 5.45. The SMILES string of the molecule is COCC(=O)NCCCCCCCCCCCNC(C)=O. The van der Waals surface area contributed by atoms with Crippen LogP contribution in [0.4, 0.5) is 0 Å². The summed E-state index contributed by atoms with van der Waals surface area (Å²) in [6.07, 6.45) is 10.9. The minimum Gasteiger partial charge on any atom is -0.375 e. The molecule has 0 bridgehead atoms. The largest absolute Gasteiger partial charge is 0.375 e. The fraction of sp³-hybridized carbons (Fsp3) is 0.875. The Bertz CT molecular complexity index is 270. The highest BCUT2D eigenvalue weighted by molar-refractivity contribution is 5.77. The highest BCUT2D eigenvalue weighted by Crippen LogP contribution is 2.09. The van der Waals surface area contributed by atoms with Gasteiger partial charge in [0.15, 0.2) is 0 Å². The Hall–Kier alpha value is -1.10. The van der Waals surface area contributed by atoms with Crippen molar-refractivity contribution in [3.63, 3.8) is 0 Å². The lowest BCUT2D eigenvalue weighted by molar-refractivity contribution is -0.124. The molecule has 0 fully saturated rings. The van der Waals surface area contributed by atoms with Crippen molar-refractivity contribution in [3.8, 4) is 0 Å². The molecular formula is C16H32N2O3. The lowest BCUT2D eigenvalue weighted by Crippen LogP contribution is -2.27. The number of amides is 2. The van der Waals surface area contributed by atoms with E-state index < -0.39 is 0 Å². The zero-order chi connectivity index (χ0) is 15.8. The van der Waals surface area contributed by atoms with Crippen LogP contribution in [0.2, 0.25) is 0 Å². The second-order valence-electron chi connectivity index (χ2n) is 5.45. The van der Waals surface area contributed by atoms with E-state index in [1.807, 2.05) is 0 Å². The van der Waals surface area contributed by atoms with E-state index in [0.29, 0.717) is 0 Å². The van der Waals surface area contributed by atoms with E-state index in [0.717, 1.165) is 25.9 Å². The smallest absolute Gasteiger partial charge is 0.245 e. The minimum absolute atomic E-state index is 0.0308. The number of rotatable bonds is 14. The molecule has 5 nitrogen and oxygen atoms in total. The summed E-state index contributed by atoms with van der Waals surface area (Å²) in [6.45, 7) is 3.28. The molecule has 0 heterocycles. The van der Waals surface area contributed by atoms with Crippen molar-refractivity contribution in [2.24, 2.45) is 0 Å². The first-order valence-corrected chi connectivity index (χ1v) is 8.17. The Morgan fingerprint density at radius 3 is 1.62 bits per heavy atom. The van der Waals surface area contributed by atoms with Gasteiger partial charge in [-0.3, -0.25) is 9.59 Å². The molecule has 0 aromatic heterocycles. The fourth-order valence-electron chi connectivity index (χ4n) is 2.16. The van der Waals surface area contributed by atoms with Crippen LogP contribution < -0.4 is 10.6 Å². The van der Waals surface area contributed by atoms with Crippen LogP contribution in [0, 0.1) is 0 Å². The first kappa shape index (κ1) is 19.9. The molecule has 0 saturated carbocycles. The summed E-state index contributed by atoms with van der Waals surface area (Å²) in [5.74, 6) is 0.0326. The summed E-state index contributed by atoms with van der Waals surface area (Å²) in [4.78, 5) is 21.8. The maximum Gasteiger partial charge on any atom is 0.245 e. The molecule has 21 heavy (non-hydrogen) atoms. The average Bonchev–Trinajstić information content (AvgIpc) is 2.44. The van der Waals surface area contributed by atoms with Crippen LogP contribution in [-0.4, -0.2) is 38.6 Å². The molecule has 0 aromatic carbocycles. The summed E-state index contributed by atoms with van der Waals surface area (Å²) >= 11 is 0. The number of ether oxygens (including phenoxy) is 1. The zero-order valence-corrected chi connectivity index (χ0v) is 13.7. The van der Waals surface area contributed by atoms with Crippen molar-refractivity contribution in [1.82, 2.24) is 10.6 Å².